The number of aromatic nitrogens is 3. The van der Waals surface area contributed by atoms with Crippen molar-refractivity contribution in [2.24, 2.45) is 0 Å². The molecule has 0 aliphatic carbocycles. The van der Waals surface area contributed by atoms with Gasteiger partial charge in [-0.1, -0.05) is 54.7 Å². The van der Waals surface area contributed by atoms with Crippen molar-refractivity contribution >= 4 is 24.2 Å². The van der Waals surface area contributed by atoms with E-state index in [4.69, 9.17) is 0 Å². The maximum Gasteiger partial charge on any atom is 0.116 e. The molecule has 0 bridgehead atoms. The van der Waals surface area contributed by atoms with E-state index < -0.39 is 8.07 Å². The zero-order chi connectivity index (χ0) is 19.0. The quantitative estimate of drug-likeness (QED) is 0.465. The summed E-state index contributed by atoms with van der Waals surface area (Å²) < 4.78 is 0. The van der Waals surface area contributed by atoms with Crippen LogP contribution in [-0.4, -0.2) is 23.0 Å². The topological polar surface area (TPSA) is 38.7 Å². The minimum absolute atomic E-state index is 0.952. The molecule has 3 nitrogen and oxygen atoms in total. The van der Waals surface area contributed by atoms with E-state index in [1.165, 1.54) is 10.8 Å². The summed E-state index contributed by atoms with van der Waals surface area (Å²) in [6, 6.07) is 17.1. The molecule has 0 fully saturated rings. The standard InChI is InChI=1S/C23H23N3Si/c1-16-12-18(8-10-22(16)27(2,3)4)23-20-9-7-17(13-21(20)25-15-26-23)19-6-5-11-24-14-19/h5-15H,1-4H3. The number of nitrogens with zero attached hydrogens (tertiary/aromatic N) is 3. The van der Waals surface area contributed by atoms with Crippen LogP contribution >= 0.6 is 0 Å². The molecule has 2 aromatic heterocycles. The van der Waals surface area contributed by atoms with Crippen LogP contribution in [0.1, 0.15) is 5.56 Å². The number of rotatable bonds is 3. The third-order valence-electron chi connectivity index (χ3n) is 4.94. The maximum absolute atomic E-state index is 4.60. The smallest absolute Gasteiger partial charge is 0.116 e. The van der Waals surface area contributed by atoms with E-state index >= 15 is 0 Å². The summed E-state index contributed by atoms with van der Waals surface area (Å²) in [7, 11) is -1.34. The largest absolute Gasteiger partial charge is 0.264 e. The van der Waals surface area contributed by atoms with Crippen LogP contribution in [0, 0.1) is 6.92 Å². The summed E-state index contributed by atoms with van der Waals surface area (Å²) in [5.41, 5.74) is 6.65. The lowest BCUT2D eigenvalue weighted by molar-refractivity contribution is 1.22. The zero-order valence-corrected chi connectivity index (χ0v) is 17.2. The van der Waals surface area contributed by atoms with Gasteiger partial charge in [0.25, 0.3) is 0 Å². The molecule has 0 atom stereocenters. The Morgan fingerprint density at radius 3 is 2.33 bits per heavy atom. The van der Waals surface area contributed by atoms with Crippen molar-refractivity contribution in [1.29, 1.82) is 0 Å². The number of benzene rings is 2. The molecule has 0 saturated carbocycles. The van der Waals surface area contributed by atoms with Gasteiger partial charge in [0.15, 0.2) is 0 Å². The summed E-state index contributed by atoms with van der Waals surface area (Å²) in [4.78, 5) is 13.3. The van der Waals surface area contributed by atoms with Crippen LogP contribution in [0.15, 0.2) is 67.3 Å². The first-order valence-electron chi connectivity index (χ1n) is 9.20. The van der Waals surface area contributed by atoms with Crippen molar-refractivity contribution in [3.63, 3.8) is 0 Å². The SMILES string of the molecule is Cc1cc(-c2ncnc3cc(-c4cccnc4)ccc23)ccc1[Si](C)(C)C. The van der Waals surface area contributed by atoms with E-state index in [1.54, 1.807) is 12.5 Å². The van der Waals surface area contributed by atoms with E-state index in [-0.39, 0.29) is 0 Å². The van der Waals surface area contributed by atoms with Crippen LogP contribution in [0.2, 0.25) is 19.6 Å². The van der Waals surface area contributed by atoms with Crippen molar-refractivity contribution in [2.45, 2.75) is 26.6 Å². The van der Waals surface area contributed by atoms with Gasteiger partial charge in [-0.05, 0) is 36.8 Å². The lowest BCUT2D eigenvalue weighted by Gasteiger charge is -2.20. The molecule has 0 amide bonds. The fourth-order valence-corrected chi connectivity index (χ4v) is 5.49. The highest BCUT2D eigenvalue weighted by Gasteiger charge is 2.19. The van der Waals surface area contributed by atoms with Crippen molar-refractivity contribution in [2.75, 3.05) is 0 Å². The summed E-state index contributed by atoms with van der Waals surface area (Å²) in [6.07, 6.45) is 5.32. The number of fused-ring (bicyclic) bond motifs is 1. The molecule has 2 aromatic carbocycles. The predicted octanol–water partition coefficient (Wildman–Crippen LogP) is 5.21. The van der Waals surface area contributed by atoms with Gasteiger partial charge in [-0.25, -0.2) is 9.97 Å². The van der Waals surface area contributed by atoms with Gasteiger partial charge < -0.3 is 0 Å². The monoisotopic (exact) mass is 369 g/mol. The first-order valence-corrected chi connectivity index (χ1v) is 12.7. The number of pyridine rings is 1. The van der Waals surface area contributed by atoms with Gasteiger partial charge in [-0.15, -0.1) is 0 Å². The first-order chi connectivity index (χ1) is 12.9. The third-order valence-corrected chi connectivity index (χ3v) is 7.12. The van der Waals surface area contributed by atoms with E-state index in [2.05, 4.69) is 84.0 Å². The summed E-state index contributed by atoms with van der Waals surface area (Å²) in [5.74, 6) is 0. The Morgan fingerprint density at radius 1 is 0.815 bits per heavy atom. The van der Waals surface area contributed by atoms with Crippen molar-refractivity contribution in [1.82, 2.24) is 15.0 Å². The number of aryl methyl sites for hydroxylation is 1. The summed E-state index contributed by atoms with van der Waals surface area (Å²) >= 11 is 0. The average Bonchev–Trinajstić information content (AvgIpc) is 2.66. The second kappa shape index (κ2) is 6.71. The molecule has 4 aromatic rings. The highest BCUT2D eigenvalue weighted by Crippen LogP contribution is 2.29. The highest BCUT2D eigenvalue weighted by atomic mass is 28.3. The molecule has 0 radical (unpaired) electrons. The molecular weight excluding hydrogens is 346 g/mol. The Bertz CT molecular complexity index is 1120. The predicted molar refractivity (Wildman–Crippen MR) is 116 cm³/mol. The van der Waals surface area contributed by atoms with E-state index in [1.807, 2.05) is 12.3 Å². The first kappa shape index (κ1) is 17.6. The number of hydrogen-bond acceptors (Lipinski definition) is 3. The molecule has 0 spiro atoms. The van der Waals surface area contributed by atoms with Crippen LogP contribution in [0.4, 0.5) is 0 Å². The van der Waals surface area contributed by atoms with Gasteiger partial charge in [0.2, 0.25) is 0 Å². The molecule has 27 heavy (non-hydrogen) atoms. The van der Waals surface area contributed by atoms with Crippen LogP contribution in [0.5, 0.6) is 0 Å². The van der Waals surface area contributed by atoms with Gasteiger partial charge in [-0.3, -0.25) is 4.98 Å². The van der Waals surface area contributed by atoms with Crippen LogP contribution in [0.3, 0.4) is 0 Å². The molecule has 0 N–H and O–H groups in total. The van der Waals surface area contributed by atoms with Gasteiger partial charge >= 0.3 is 0 Å². The third kappa shape index (κ3) is 3.40. The summed E-state index contributed by atoms with van der Waals surface area (Å²) in [6.45, 7) is 9.36. The summed E-state index contributed by atoms with van der Waals surface area (Å²) in [5, 5.41) is 2.58. The van der Waals surface area contributed by atoms with Crippen molar-refractivity contribution < 1.29 is 0 Å². The van der Waals surface area contributed by atoms with Gasteiger partial charge in [0.05, 0.1) is 19.3 Å². The van der Waals surface area contributed by atoms with Crippen LogP contribution in [-0.2, 0) is 0 Å². The maximum atomic E-state index is 4.60. The molecule has 0 aliphatic heterocycles. The van der Waals surface area contributed by atoms with Gasteiger partial charge in [-0.2, -0.15) is 0 Å². The average molecular weight is 370 g/mol. The molecule has 0 unspecified atom stereocenters. The van der Waals surface area contributed by atoms with E-state index in [0.29, 0.717) is 0 Å². The molecule has 4 rings (SSSR count). The lowest BCUT2D eigenvalue weighted by Crippen LogP contribution is -2.39. The Hall–Kier alpha value is -2.85. The minimum atomic E-state index is -1.34. The highest BCUT2D eigenvalue weighted by molar-refractivity contribution is 6.89. The van der Waals surface area contributed by atoms with Gasteiger partial charge in [0.1, 0.15) is 6.33 Å². The Kier molecular flexibility index (Phi) is 4.36. The van der Waals surface area contributed by atoms with Crippen LogP contribution in [0.25, 0.3) is 33.3 Å². The lowest BCUT2D eigenvalue weighted by atomic mass is 10.0. The Morgan fingerprint density at radius 2 is 1.63 bits per heavy atom. The molecule has 0 saturated heterocycles. The second-order valence-electron chi connectivity index (χ2n) is 7.98. The molecule has 2 heterocycles. The Balaban J connectivity index is 1.83. The minimum Gasteiger partial charge on any atom is -0.264 e. The van der Waals surface area contributed by atoms with E-state index in [0.717, 1.165) is 33.3 Å². The zero-order valence-electron chi connectivity index (χ0n) is 16.2. The van der Waals surface area contributed by atoms with Crippen molar-refractivity contribution in [3.05, 3.63) is 72.8 Å². The molecule has 4 heteroatoms. The van der Waals surface area contributed by atoms with Crippen molar-refractivity contribution in [3.8, 4) is 22.4 Å². The van der Waals surface area contributed by atoms with Gasteiger partial charge in [0, 0.05) is 28.9 Å². The normalized spacial score (nSPS) is 11.7. The molecule has 134 valence electrons. The molecular formula is C23H23N3Si. The van der Waals surface area contributed by atoms with Crippen LogP contribution < -0.4 is 5.19 Å². The fraction of sp³-hybridized carbons (Fsp3) is 0.174. The fourth-order valence-electron chi connectivity index (χ4n) is 3.65. The Labute approximate surface area is 161 Å². The number of hydrogen-bond donors (Lipinski definition) is 0. The molecule has 0 aliphatic rings. The second-order valence-corrected chi connectivity index (χ2v) is 13.0. The van der Waals surface area contributed by atoms with E-state index in [9.17, 15) is 0 Å².